The van der Waals surface area contributed by atoms with Crippen molar-refractivity contribution in [1.29, 1.82) is 0 Å². The Bertz CT molecular complexity index is 390. The summed E-state index contributed by atoms with van der Waals surface area (Å²) in [5, 5.41) is 0. The molecule has 21 heavy (non-hydrogen) atoms. The third-order valence-electron chi connectivity index (χ3n) is 4.07. The minimum Gasteiger partial charge on any atom is -0.340 e. The van der Waals surface area contributed by atoms with Crippen molar-refractivity contribution in [3.63, 3.8) is 0 Å². The van der Waals surface area contributed by atoms with E-state index in [-0.39, 0.29) is 5.41 Å². The second-order valence-electron chi connectivity index (χ2n) is 5.77. The number of rotatable bonds is 10. The van der Waals surface area contributed by atoms with Gasteiger partial charge in [-0.05, 0) is 40.0 Å². The highest BCUT2D eigenvalue weighted by molar-refractivity contribution is 5.58. The Morgan fingerprint density at radius 1 is 1.29 bits per heavy atom. The first-order valence-corrected chi connectivity index (χ1v) is 8.18. The van der Waals surface area contributed by atoms with E-state index in [0.717, 1.165) is 25.8 Å². The molecule has 120 valence electrons. The van der Waals surface area contributed by atoms with Gasteiger partial charge in [-0.2, -0.15) is 0 Å². The van der Waals surface area contributed by atoms with Gasteiger partial charge in [0.25, 0.3) is 0 Å². The van der Waals surface area contributed by atoms with E-state index in [9.17, 15) is 0 Å². The second kappa shape index (κ2) is 10.4. The Morgan fingerprint density at radius 2 is 1.95 bits per heavy atom. The molecule has 1 atom stereocenters. The fraction of sp³-hybridized carbons (Fsp3) is 0.632. The van der Waals surface area contributed by atoms with E-state index in [1.807, 2.05) is 6.34 Å². The highest BCUT2D eigenvalue weighted by Gasteiger charge is 2.32. The van der Waals surface area contributed by atoms with Crippen LogP contribution in [0.4, 0.5) is 0 Å². The third kappa shape index (κ3) is 6.33. The summed E-state index contributed by atoms with van der Waals surface area (Å²) >= 11 is 0. The maximum absolute atomic E-state index is 4.39. The lowest BCUT2D eigenvalue weighted by atomic mass is 9.73. The quantitative estimate of drug-likeness (QED) is 0.291. The Hall–Kier alpha value is -1.31. The van der Waals surface area contributed by atoms with Crippen LogP contribution in [0.5, 0.6) is 0 Å². The molecular formula is C19H34N2. The van der Waals surface area contributed by atoms with Gasteiger partial charge in [0.1, 0.15) is 0 Å². The van der Waals surface area contributed by atoms with Gasteiger partial charge in [0.15, 0.2) is 0 Å². The van der Waals surface area contributed by atoms with Crippen LogP contribution < -0.4 is 0 Å². The SMILES string of the molecule is C=C(N(C)C=NCC)C(CC)(CCC)C/C(C)=C/C=C\C. The van der Waals surface area contributed by atoms with Crippen LogP contribution in [0.3, 0.4) is 0 Å². The van der Waals surface area contributed by atoms with Crippen molar-refractivity contribution in [3.8, 4) is 0 Å². The van der Waals surface area contributed by atoms with E-state index in [0.29, 0.717) is 0 Å². The molecule has 0 N–H and O–H groups in total. The van der Waals surface area contributed by atoms with Crippen LogP contribution >= 0.6 is 0 Å². The molecule has 2 heteroatoms. The fourth-order valence-electron chi connectivity index (χ4n) is 2.82. The molecule has 1 unspecified atom stereocenters. The largest absolute Gasteiger partial charge is 0.340 e. The van der Waals surface area contributed by atoms with Gasteiger partial charge in [-0.1, -0.05) is 50.6 Å². The summed E-state index contributed by atoms with van der Waals surface area (Å²) in [6, 6.07) is 0. The van der Waals surface area contributed by atoms with Gasteiger partial charge in [0, 0.05) is 24.7 Å². The predicted octanol–water partition coefficient (Wildman–Crippen LogP) is 5.59. The first-order chi connectivity index (χ1) is 9.97. The van der Waals surface area contributed by atoms with Crippen molar-refractivity contribution < 1.29 is 0 Å². The summed E-state index contributed by atoms with van der Waals surface area (Å²) in [4.78, 5) is 6.45. The molecule has 0 aromatic carbocycles. The van der Waals surface area contributed by atoms with Crippen molar-refractivity contribution in [2.45, 2.75) is 60.3 Å². The maximum atomic E-state index is 4.39. The molecule has 0 aromatic heterocycles. The normalized spacial score (nSPS) is 15.6. The molecule has 0 aliphatic carbocycles. The van der Waals surface area contributed by atoms with E-state index >= 15 is 0 Å². The molecule has 0 bridgehead atoms. The molecule has 0 aliphatic heterocycles. The molecule has 2 nitrogen and oxygen atoms in total. The van der Waals surface area contributed by atoms with Crippen LogP contribution in [0.15, 0.2) is 41.1 Å². The number of nitrogens with zero attached hydrogens (tertiary/aromatic N) is 2. The Balaban J connectivity index is 5.32. The topological polar surface area (TPSA) is 15.6 Å². The lowest BCUT2D eigenvalue weighted by Gasteiger charge is -2.38. The van der Waals surface area contributed by atoms with Gasteiger partial charge in [0.2, 0.25) is 0 Å². The zero-order chi connectivity index (χ0) is 16.3. The van der Waals surface area contributed by atoms with Crippen LogP contribution in [0.25, 0.3) is 0 Å². The first kappa shape index (κ1) is 19.7. The lowest BCUT2D eigenvalue weighted by molar-refractivity contribution is 0.261. The monoisotopic (exact) mass is 290 g/mol. The van der Waals surface area contributed by atoms with Crippen molar-refractivity contribution in [2.75, 3.05) is 13.6 Å². The molecule has 0 aliphatic rings. The fourth-order valence-corrected chi connectivity index (χ4v) is 2.82. The molecule has 0 heterocycles. The van der Waals surface area contributed by atoms with Gasteiger partial charge >= 0.3 is 0 Å². The summed E-state index contributed by atoms with van der Waals surface area (Å²) < 4.78 is 0. The van der Waals surface area contributed by atoms with Crippen LogP contribution in [0, 0.1) is 5.41 Å². The summed E-state index contributed by atoms with van der Waals surface area (Å²) in [7, 11) is 2.06. The van der Waals surface area contributed by atoms with E-state index in [1.54, 1.807) is 0 Å². The molecule has 0 aromatic rings. The lowest BCUT2D eigenvalue weighted by Crippen LogP contribution is -2.32. The minimum absolute atomic E-state index is 0.130. The zero-order valence-corrected chi connectivity index (χ0v) is 14.9. The van der Waals surface area contributed by atoms with Crippen molar-refractivity contribution >= 4 is 6.34 Å². The third-order valence-corrected chi connectivity index (χ3v) is 4.07. The van der Waals surface area contributed by atoms with Gasteiger partial charge in [-0.25, -0.2) is 0 Å². The summed E-state index contributed by atoms with van der Waals surface area (Å²) in [5.41, 5.74) is 2.72. The van der Waals surface area contributed by atoms with Crippen molar-refractivity contribution in [1.82, 2.24) is 4.90 Å². The van der Waals surface area contributed by atoms with E-state index in [2.05, 4.69) is 76.4 Å². The maximum Gasteiger partial charge on any atom is 0.0889 e. The highest BCUT2D eigenvalue weighted by atomic mass is 15.1. The first-order valence-electron chi connectivity index (χ1n) is 8.18. The Kier molecular flexibility index (Phi) is 9.77. The molecular weight excluding hydrogens is 256 g/mol. The van der Waals surface area contributed by atoms with E-state index in [4.69, 9.17) is 0 Å². The standard InChI is InChI=1S/C19H34N2/c1-8-12-13-17(5)15-19(10-3,14-9-2)18(6)21(7)16-20-11-4/h8,12-13,16H,6,9-11,14-15H2,1-5,7H3/b12-8-,17-13+,20-16?. The molecule has 0 saturated heterocycles. The van der Waals surface area contributed by atoms with E-state index < -0.39 is 0 Å². The summed E-state index contributed by atoms with van der Waals surface area (Å²) in [5.74, 6) is 0. The summed E-state index contributed by atoms with van der Waals surface area (Å²) in [6.07, 6.45) is 12.8. The predicted molar refractivity (Wildman–Crippen MR) is 96.8 cm³/mol. The van der Waals surface area contributed by atoms with Gasteiger partial charge in [-0.3, -0.25) is 4.99 Å². The van der Waals surface area contributed by atoms with Gasteiger partial charge < -0.3 is 4.90 Å². The minimum atomic E-state index is 0.130. The van der Waals surface area contributed by atoms with Crippen LogP contribution in [0.2, 0.25) is 0 Å². The second-order valence-corrected chi connectivity index (χ2v) is 5.77. The Morgan fingerprint density at radius 3 is 2.43 bits per heavy atom. The van der Waals surface area contributed by atoms with Crippen LogP contribution in [-0.2, 0) is 0 Å². The summed E-state index contributed by atoms with van der Waals surface area (Å²) in [6.45, 7) is 16.0. The zero-order valence-electron chi connectivity index (χ0n) is 14.9. The average Bonchev–Trinajstić information content (AvgIpc) is 2.49. The average molecular weight is 290 g/mol. The molecule has 0 saturated carbocycles. The number of aliphatic imine (C=N–C) groups is 1. The number of hydrogen-bond donors (Lipinski definition) is 0. The molecule has 0 spiro atoms. The molecule has 0 radical (unpaired) electrons. The molecule has 0 fully saturated rings. The van der Waals surface area contributed by atoms with Crippen LogP contribution in [-0.4, -0.2) is 24.8 Å². The van der Waals surface area contributed by atoms with Crippen molar-refractivity contribution in [3.05, 3.63) is 36.1 Å². The van der Waals surface area contributed by atoms with Crippen molar-refractivity contribution in [2.24, 2.45) is 10.4 Å². The van der Waals surface area contributed by atoms with Crippen LogP contribution in [0.1, 0.15) is 60.3 Å². The molecule has 0 rings (SSSR count). The van der Waals surface area contributed by atoms with E-state index in [1.165, 1.54) is 17.7 Å². The molecule has 0 amide bonds. The number of allylic oxidation sites excluding steroid dienone is 5. The van der Waals surface area contributed by atoms with Gasteiger partial charge in [-0.15, -0.1) is 0 Å². The Labute approximate surface area is 132 Å². The highest BCUT2D eigenvalue weighted by Crippen LogP contribution is 2.42. The number of hydrogen-bond acceptors (Lipinski definition) is 1. The van der Waals surface area contributed by atoms with Gasteiger partial charge in [0.05, 0.1) is 6.34 Å². The smallest absolute Gasteiger partial charge is 0.0889 e.